The first kappa shape index (κ1) is 8.91. The van der Waals surface area contributed by atoms with Crippen molar-refractivity contribution in [2.45, 2.75) is 19.8 Å². The van der Waals surface area contributed by atoms with Gasteiger partial charge in [0.05, 0.1) is 6.61 Å². The van der Waals surface area contributed by atoms with E-state index >= 15 is 0 Å². The Morgan fingerprint density at radius 3 is 2.50 bits per heavy atom. The van der Waals surface area contributed by atoms with Crippen molar-refractivity contribution in [2.24, 2.45) is 0 Å². The molecule has 12 heavy (non-hydrogen) atoms. The van der Waals surface area contributed by atoms with E-state index in [4.69, 9.17) is 4.74 Å². The SMILES string of the molecule is CCCCOc1ccc([O])cc1. The average Bonchev–Trinajstić information content (AvgIpc) is 2.09. The molecule has 1 rings (SSSR count). The topological polar surface area (TPSA) is 29.1 Å². The Hall–Kier alpha value is -1.18. The molecule has 0 amide bonds. The highest BCUT2D eigenvalue weighted by Gasteiger charge is 1.93. The zero-order valence-corrected chi connectivity index (χ0v) is 7.25. The van der Waals surface area contributed by atoms with Crippen LogP contribution in [0.5, 0.6) is 11.5 Å². The Morgan fingerprint density at radius 1 is 1.25 bits per heavy atom. The Labute approximate surface area is 72.8 Å². The van der Waals surface area contributed by atoms with Gasteiger partial charge in [0.25, 0.3) is 0 Å². The van der Waals surface area contributed by atoms with Gasteiger partial charge in [-0.1, -0.05) is 13.3 Å². The molecular formula is C10H13O2. The molecule has 1 aromatic carbocycles. The van der Waals surface area contributed by atoms with Gasteiger partial charge in [-0.2, -0.15) is 0 Å². The number of unbranched alkanes of at least 4 members (excludes halogenated alkanes) is 1. The van der Waals surface area contributed by atoms with Crippen molar-refractivity contribution in [3.8, 4) is 11.5 Å². The number of hydrogen-bond donors (Lipinski definition) is 0. The fraction of sp³-hybridized carbons (Fsp3) is 0.400. The fourth-order valence-electron chi connectivity index (χ4n) is 0.870. The summed E-state index contributed by atoms with van der Waals surface area (Å²) in [6, 6.07) is 6.44. The molecule has 2 nitrogen and oxygen atoms in total. The smallest absolute Gasteiger partial charge is 0.178 e. The van der Waals surface area contributed by atoms with E-state index in [-0.39, 0.29) is 5.75 Å². The quantitative estimate of drug-likeness (QED) is 0.630. The number of benzene rings is 1. The van der Waals surface area contributed by atoms with Crippen molar-refractivity contribution >= 4 is 0 Å². The lowest BCUT2D eigenvalue weighted by atomic mass is 10.3. The van der Waals surface area contributed by atoms with Gasteiger partial charge in [-0.05, 0) is 30.7 Å². The van der Waals surface area contributed by atoms with Crippen LogP contribution in [0.4, 0.5) is 0 Å². The highest BCUT2D eigenvalue weighted by atomic mass is 16.5. The zero-order chi connectivity index (χ0) is 8.81. The molecule has 0 saturated heterocycles. The van der Waals surface area contributed by atoms with E-state index in [9.17, 15) is 5.11 Å². The highest BCUT2D eigenvalue weighted by Crippen LogP contribution is 2.16. The molecule has 0 N–H and O–H groups in total. The first-order valence-corrected chi connectivity index (χ1v) is 4.23. The summed E-state index contributed by atoms with van der Waals surface area (Å²) in [4.78, 5) is 0. The predicted molar refractivity (Wildman–Crippen MR) is 47.0 cm³/mol. The van der Waals surface area contributed by atoms with Crippen molar-refractivity contribution in [1.29, 1.82) is 0 Å². The van der Waals surface area contributed by atoms with Gasteiger partial charge < -0.3 is 4.74 Å². The predicted octanol–water partition coefficient (Wildman–Crippen LogP) is 3.01. The Morgan fingerprint density at radius 2 is 1.92 bits per heavy atom. The summed E-state index contributed by atoms with van der Waals surface area (Å²) in [6.07, 6.45) is 2.18. The Kier molecular flexibility index (Phi) is 3.45. The molecule has 0 fully saturated rings. The monoisotopic (exact) mass is 165 g/mol. The van der Waals surface area contributed by atoms with Crippen LogP contribution in [-0.2, 0) is 5.11 Å². The molecule has 2 heteroatoms. The maximum atomic E-state index is 10.7. The van der Waals surface area contributed by atoms with Crippen molar-refractivity contribution in [1.82, 2.24) is 0 Å². The van der Waals surface area contributed by atoms with E-state index in [2.05, 4.69) is 6.92 Å². The molecule has 0 aliphatic rings. The van der Waals surface area contributed by atoms with Crippen LogP contribution < -0.4 is 4.74 Å². The highest BCUT2D eigenvalue weighted by molar-refractivity contribution is 5.29. The minimum Gasteiger partial charge on any atom is -0.494 e. The van der Waals surface area contributed by atoms with E-state index in [1.165, 1.54) is 12.1 Å². The van der Waals surface area contributed by atoms with Gasteiger partial charge in [0.2, 0.25) is 0 Å². The summed E-state index contributed by atoms with van der Waals surface area (Å²) in [5, 5.41) is 10.7. The van der Waals surface area contributed by atoms with E-state index in [1.54, 1.807) is 12.1 Å². The first-order chi connectivity index (χ1) is 5.83. The van der Waals surface area contributed by atoms with Crippen LogP contribution in [-0.4, -0.2) is 6.61 Å². The van der Waals surface area contributed by atoms with Gasteiger partial charge >= 0.3 is 0 Å². The molecule has 65 valence electrons. The fourth-order valence-corrected chi connectivity index (χ4v) is 0.870. The van der Waals surface area contributed by atoms with E-state index in [0.717, 1.165) is 25.2 Å². The lowest BCUT2D eigenvalue weighted by Crippen LogP contribution is -1.95. The molecule has 0 spiro atoms. The summed E-state index contributed by atoms with van der Waals surface area (Å²) in [6.45, 7) is 2.85. The normalized spacial score (nSPS) is 9.75. The van der Waals surface area contributed by atoms with Crippen molar-refractivity contribution in [3.05, 3.63) is 24.3 Å². The molecule has 0 saturated carbocycles. The zero-order valence-electron chi connectivity index (χ0n) is 7.25. The van der Waals surface area contributed by atoms with E-state index < -0.39 is 0 Å². The number of hydrogen-bond acceptors (Lipinski definition) is 1. The van der Waals surface area contributed by atoms with Crippen LogP contribution in [0.2, 0.25) is 0 Å². The third kappa shape index (κ3) is 2.82. The second kappa shape index (κ2) is 4.65. The van der Waals surface area contributed by atoms with Crippen LogP contribution in [0.25, 0.3) is 0 Å². The molecule has 0 atom stereocenters. The Bertz CT molecular complexity index is 216. The van der Waals surface area contributed by atoms with Crippen LogP contribution in [0.3, 0.4) is 0 Å². The average molecular weight is 165 g/mol. The summed E-state index contributed by atoms with van der Waals surface area (Å²) in [5.41, 5.74) is 0. The van der Waals surface area contributed by atoms with Crippen LogP contribution in [0.15, 0.2) is 24.3 Å². The summed E-state index contributed by atoms with van der Waals surface area (Å²) < 4.78 is 5.36. The summed E-state index contributed by atoms with van der Waals surface area (Å²) in [5.74, 6) is 0.806. The molecule has 0 aliphatic heterocycles. The third-order valence-electron chi connectivity index (χ3n) is 1.59. The van der Waals surface area contributed by atoms with Crippen molar-refractivity contribution < 1.29 is 9.84 Å². The largest absolute Gasteiger partial charge is 0.494 e. The molecule has 0 bridgehead atoms. The minimum absolute atomic E-state index is 0.0258. The molecule has 0 unspecified atom stereocenters. The second-order valence-corrected chi connectivity index (χ2v) is 2.67. The second-order valence-electron chi connectivity index (χ2n) is 2.67. The molecule has 0 aromatic heterocycles. The van der Waals surface area contributed by atoms with Gasteiger partial charge in [-0.25, -0.2) is 0 Å². The molecule has 1 aromatic rings. The van der Waals surface area contributed by atoms with Crippen molar-refractivity contribution in [2.75, 3.05) is 6.61 Å². The minimum atomic E-state index is 0.0258. The van der Waals surface area contributed by atoms with Gasteiger partial charge in [0, 0.05) is 0 Å². The molecule has 1 radical (unpaired) electrons. The lowest BCUT2D eigenvalue weighted by Gasteiger charge is -2.03. The maximum Gasteiger partial charge on any atom is 0.178 e. The maximum absolute atomic E-state index is 10.7. The molecular weight excluding hydrogens is 152 g/mol. The van der Waals surface area contributed by atoms with Gasteiger partial charge in [-0.15, -0.1) is 0 Å². The van der Waals surface area contributed by atoms with Crippen LogP contribution >= 0.6 is 0 Å². The first-order valence-electron chi connectivity index (χ1n) is 4.23. The number of rotatable bonds is 4. The standard InChI is InChI=1S/C10H13O2/c1-2-3-8-12-10-6-4-9(11)5-7-10/h4-7H,2-3,8H2,1H3. The third-order valence-corrected chi connectivity index (χ3v) is 1.59. The summed E-state index contributed by atoms with van der Waals surface area (Å²) >= 11 is 0. The van der Waals surface area contributed by atoms with Crippen LogP contribution in [0.1, 0.15) is 19.8 Å². The van der Waals surface area contributed by atoms with E-state index in [0.29, 0.717) is 0 Å². The molecule has 0 aliphatic carbocycles. The van der Waals surface area contributed by atoms with Crippen LogP contribution in [0, 0.1) is 0 Å². The Balaban J connectivity index is 2.37. The van der Waals surface area contributed by atoms with Gasteiger partial charge in [0.1, 0.15) is 5.75 Å². The van der Waals surface area contributed by atoms with Gasteiger partial charge in [-0.3, -0.25) is 5.11 Å². The van der Waals surface area contributed by atoms with Gasteiger partial charge in [0.15, 0.2) is 5.75 Å². The van der Waals surface area contributed by atoms with E-state index in [1.807, 2.05) is 0 Å². The van der Waals surface area contributed by atoms with Crippen molar-refractivity contribution in [3.63, 3.8) is 0 Å². The molecule has 0 heterocycles. The number of ether oxygens (including phenoxy) is 1. The lowest BCUT2D eigenvalue weighted by molar-refractivity contribution is 0.307. The summed E-state index contributed by atoms with van der Waals surface area (Å²) in [7, 11) is 0.